The van der Waals surface area contributed by atoms with Crippen LogP contribution in [0.5, 0.6) is 0 Å². The molecule has 2 aliphatic rings. The Balaban J connectivity index is 1.74. The molecule has 4 rings (SSSR count). The maximum atomic E-state index is 4.34. The molecule has 0 radical (unpaired) electrons. The number of aromatic nitrogens is 2. The Morgan fingerprint density at radius 1 is 1.09 bits per heavy atom. The van der Waals surface area contributed by atoms with Crippen molar-refractivity contribution in [2.45, 2.75) is 25.3 Å². The van der Waals surface area contributed by atoms with Gasteiger partial charge in [0.05, 0.1) is 17.9 Å². The Morgan fingerprint density at radius 3 is 2.87 bits per heavy atom. The first-order valence-corrected chi connectivity index (χ1v) is 8.57. The van der Waals surface area contributed by atoms with E-state index in [1.165, 1.54) is 28.8 Å². The highest BCUT2D eigenvalue weighted by Gasteiger charge is 2.30. The highest BCUT2D eigenvalue weighted by Crippen LogP contribution is 2.35. The van der Waals surface area contributed by atoms with Gasteiger partial charge in [-0.05, 0) is 42.2 Å². The molecule has 1 unspecified atom stereocenters. The van der Waals surface area contributed by atoms with Gasteiger partial charge in [-0.2, -0.15) is 5.10 Å². The lowest BCUT2D eigenvalue weighted by Gasteiger charge is -2.31. The molecule has 0 amide bonds. The van der Waals surface area contributed by atoms with Crippen LogP contribution < -0.4 is 0 Å². The smallest absolute Gasteiger partial charge is 0.0776 e. The fourth-order valence-electron chi connectivity index (χ4n) is 3.99. The fraction of sp³-hybridized carbons (Fsp3) is 0.421. The first kappa shape index (κ1) is 14.5. The monoisotopic (exact) mass is 308 g/mol. The number of aromatic amines is 1. The molecule has 120 valence electrons. The van der Waals surface area contributed by atoms with Crippen LogP contribution in [0, 0.1) is 0 Å². The van der Waals surface area contributed by atoms with Gasteiger partial charge in [0.2, 0.25) is 0 Å². The average Bonchev–Trinajstić information content (AvgIpc) is 2.83. The van der Waals surface area contributed by atoms with E-state index in [2.05, 4.69) is 50.8 Å². The van der Waals surface area contributed by atoms with Crippen LogP contribution in [0.15, 0.2) is 43.2 Å². The molecular formula is C19H24N4. The van der Waals surface area contributed by atoms with E-state index in [4.69, 9.17) is 0 Å². The number of benzene rings is 1. The molecule has 4 heteroatoms. The lowest BCUT2D eigenvalue weighted by molar-refractivity contribution is 0.230. The molecule has 23 heavy (non-hydrogen) atoms. The predicted molar refractivity (Wildman–Crippen MR) is 92.2 cm³/mol. The normalized spacial score (nSPS) is 21.9. The minimum Gasteiger partial charge on any atom is -0.377 e. The Labute approximate surface area is 137 Å². The molecule has 0 spiro atoms. The van der Waals surface area contributed by atoms with Crippen molar-refractivity contribution in [3.63, 3.8) is 0 Å². The van der Waals surface area contributed by atoms with E-state index < -0.39 is 0 Å². The molecule has 0 saturated carbocycles. The van der Waals surface area contributed by atoms with E-state index in [9.17, 15) is 0 Å². The third-order valence-corrected chi connectivity index (χ3v) is 5.23. The van der Waals surface area contributed by atoms with Crippen LogP contribution in [0.4, 0.5) is 0 Å². The maximum absolute atomic E-state index is 4.34. The molecule has 4 nitrogen and oxygen atoms in total. The van der Waals surface area contributed by atoms with Crippen molar-refractivity contribution in [1.82, 2.24) is 20.0 Å². The minimum absolute atomic E-state index is 0.302. The number of aryl methyl sites for hydroxylation is 2. The topological polar surface area (TPSA) is 35.2 Å². The van der Waals surface area contributed by atoms with Crippen LogP contribution in [0.1, 0.15) is 34.8 Å². The van der Waals surface area contributed by atoms with Crippen molar-refractivity contribution in [2.24, 2.45) is 0 Å². The number of nitrogens with zero attached hydrogens (tertiary/aromatic N) is 3. The zero-order chi connectivity index (χ0) is 15.6. The average molecular weight is 308 g/mol. The van der Waals surface area contributed by atoms with Crippen molar-refractivity contribution in [3.8, 4) is 0 Å². The third-order valence-electron chi connectivity index (χ3n) is 5.23. The van der Waals surface area contributed by atoms with Gasteiger partial charge in [-0.15, -0.1) is 0 Å². The van der Waals surface area contributed by atoms with Gasteiger partial charge in [-0.1, -0.05) is 30.8 Å². The number of H-pyrrole nitrogens is 1. The largest absolute Gasteiger partial charge is 0.377 e. The van der Waals surface area contributed by atoms with Crippen molar-refractivity contribution in [1.29, 1.82) is 0 Å². The predicted octanol–water partition coefficient (Wildman–Crippen LogP) is 2.75. The van der Waals surface area contributed by atoms with Gasteiger partial charge >= 0.3 is 0 Å². The second-order valence-electron chi connectivity index (χ2n) is 6.52. The molecule has 0 bridgehead atoms. The number of rotatable bonds is 2. The second-order valence-corrected chi connectivity index (χ2v) is 6.52. The van der Waals surface area contributed by atoms with Crippen LogP contribution in [0.3, 0.4) is 0 Å². The van der Waals surface area contributed by atoms with Gasteiger partial charge in [0.1, 0.15) is 0 Å². The quantitative estimate of drug-likeness (QED) is 0.926. The van der Waals surface area contributed by atoms with E-state index >= 15 is 0 Å². The fourth-order valence-corrected chi connectivity index (χ4v) is 3.99. The van der Waals surface area contributed by atoms with E-state index in [1.54, 1.807) is 0 Å². The summed E-state index contributed by atoms with van der Waals surface area (Å²) in [5.41, 5.74) is 5.59. The summed E-state index contributed by atoms with van der Waals surface area (Å²) in [4.78, 5) is 4.95. The van der Waals surface area contributed by atoms with E-state index in [-0.39, 0.29) is 0 Å². The maximum Gasteiger partial charge on any atom is 0.0776 e. The lowest BCUT2D eigenvalue weighted by Crippen LogP contribution is -2.33. The van der Waals surface area contributed by atoms with E-state index in [0.29, 0.717) is 6.04 Å². The number of hydrogen-bond donors (Lipinski definition) is 1. The Bertz CT molecular complexity index is 690. The number of hydrogen-bond acceptors (Lipinski definition) is 3. The molecule has 1 N–H and O–H groups in total. The summed E-state index contributed by atoms with van der Waals surface area (Å²) in [6, 6.07) is 9.22. The standard InChI is InChI=1S/C19H24N4/c1-2-22-10-5-11-23(13-12-22)19-17-7-4-3-6-15(17)8-9-16-14-20-21-18(16)19/h2-4,6-7,14,19H,1,5,8-13H2,(H,20,21). The van der Waals surface area contributed by atoms with Crippen LogP contribution in [-0.4, -0.2) is 46.2 Å². The summed E-state index contributed by atoms with van der Waals surface area (Å²) < 4.78 is 0. The zero-order valence-corrected chi connectivity index (χ0v) is 13.5. The Kier molecular flexibility index (Phi) is 3.92. The zero-order valence-electron chi connectivity index (χ0n) is 13.5. The summed E-state index contributed by atoms with van der Waals surface area (Å²) in [6.45, 7) is 8.25. The van der Waals surface area contributed by atoms with Gasteiger partial charge in [0.15, 0.2) is 0 Å². The highest BCUT2D eigenvalue weighted by atomic mass is 15.2. The molecule has 1 aromatic heterocycles. The second kappa shape index (κ2) is 6.20. The molecule has 1 aliphatic carbocycles. The van der Waals surface area contributed by atoms with Crippen molar-refractivity contribution >= 4 is 0 Å². The molecule has 1 aliphatic heterocycles. The summed E-state index contributed by atoms with van der Waals surface area (Å²) in [5, 5.41) is 7.65. The highest BCUT2D eigenvalue weighted by molar-refractivity contribution is 5.41. The molecule has 2 aromatic rings. The van der Waals surface area contributed by atoms with E-state index in [0.717, 1.165) is 39.0 Å². The minimum atomic E-state index is 0.302. The van der Waals surface area contributed by atoms with Gasteiger partial charge in [-0.25, -0.2) is 0 Å². The van der Waals surface area contributed by atoms with Crippen LogP contribution in [0.25, 0.3) is 0 Å². The van der Waals surface area contributed by atoms with Crippen LogP contribution >= 0.6 is 0 Å². The van der Waals surface area contributed by atoms with Crippen molar-refractivity contribution in [3.05, 3.63) is 65.6 Å². The first-order chi connectivity index (χ1) is 11.4. The van der Waals surface area contributed by atoms with Crippen molar-refractivity contribution in [2.75, 3.05) is 26.2 Å². The first-order valence-electron chi connectivity index (χ1n) is 8.57. The molecule has 1 aromatic carbocycles. The summed E-state index contributed by atoms with van der Waals surface area (Å²) in [5.74, 6) is 0. The summed E-state index contributed by atoms with van der Waals surface area (Å²) in [6.07, 6.45) is 7.35. The van der Waals surface area contributed by atoms with Crippen molar-refractivity contribution < 1.29 is 0 Å². The third kappa shape index (κ3) is 2.68. The van der Waals surface area contributed by atoms with E-state index in [1.807, 2.05) is 12.4 Å². The summed E-state index contributed by atoms with van der Waals surface area (Å²) in [7, 11) is 0. The SMILES string of the molecule is C=CN1CCCN(C2c3ccccc3CCc3cn[nH]c32)CC1. The summed E-state index contributed by atoms with van der Waals surface area (Å²) >= 11 is 0. The number of fused-ring (bicyclic) bond motifs is 2. The molecule has 1 saturated heterocycles. The Hall–Kier alpha value is -2.07. The van der Waals surface area contributed by atoms with Crippen LogP contribution in [-0.2, 0) is 12.8 Å². The Morgan fingerprint density at radius 2 is 1.96 bits per heavy atom. The number of nitrogens with one attached hydrogen (secondary N) is 1. The molecule has 2 heterocycles. The van der Waals surface area contributed by atoms with Gasteiger partial charge < -0.3 is 4.90 Å². The lowest BCUT2D eigenvalue weighted by atomic mass is 9.97. The van der Waals surface area contributed by atoms with Gasteiger partial charge in [-0.3, -0.25) is 10.00 Å². The van der Waals surface area contributed by atoms with Gasteiger partial charge in [0.25, 0.3) is 0 Å². The van der Waals surface area contributed by atoms with Crippen LogP contribution in [0.2, 0.25) is 0 Å². The molecule has 1 fully saturated rings. The van der Waals surface area contributed by atoms with Gasteiger partial charge in [0, 0.05) is 26.2 Å². The molecule has 1 atom stereocenters. The molecular weight excluding hydrogens is 284 g/mol.